The summed E-state index contributed by atoms with van der Waals surface area (Å²) in [5.41, 5.74) is 2.62. The van der Waals surface area contributed by atoms with E-state index in [1.807, 2.05) is 6.20 Å². The summed E-state index contributed by atoms with van der Waals surface area (Å²) in [6.45, 7) is 13.1. The van der Waals surface area contributed by atoms with Gasteiger partial charge in [0.2, 0.25) is 0 Å². The van der Waals surface area contributed by atoms with Crippen LogP contribution in [0.15, 0.2) is 6.20 Å². The fourth-order valence-electron chi connectivity index (χ4n) is 1.89. The highest BCUT2D eigenvalue weighted by Crippen LogP contribution is 2.17. The van der Waals surface area contributed by atoms with Gasteiger partial charge in [0.15, 0.2) is 0 Å². The van der Waals surface area contributed by atoms with E-state index in [-0.39, 0.29) is 0 Å². The molecule has 92 valence electrons. The molecule has 1 aromatic heterocycles. The van der Waals surface area contributed by atoms with Gasteiger partial charge < -0.3 is 5.32 Å². The lowest BCUT2D eigenvalue weighted by atomic mass is 10.1. The minimum atomic E-state index is 0.404. The minimum Gasteiger partial charge on any atom is -0.310 e. The van der Waals surface area contributed by atoms with Gasteiger partial charge in [0.25, 0.3) is 0 Å². The maximum absolute atomic E-state index is 4.46. The van der Waals surface area contributed by atoms with E-state index < -0.39 is 0 Å². The molecule has 0 aliphatic rings. The summed E-state index contributed by atoms with van der Waals surface area (Å²) in [7, 11) is 0. The molecule has 0 bridgehead atoms. The topological polar surface area (TPSA) is 29.9 Å². The van der Waals surface area contributed by atoms with E-state index in [1.165, 1.54) is 17.7 Å². The Kier molecular flexibility index (Phi) is 5.00. The highest BCUT2D eigenvalue weighted by atomic mass is 15.3. The van der Waals surface area contributed by atoms with Gasteiger partial charge in [-0.1, -0.05) is 20.8 Å². The van der Waals surface area contributed by atoms with Crippen LogP contribution in [0.3, 0.4) is 0 Å². The van der Waals surface area contributed by atoms with Crippen LogP contribution in [0.4, 0.5) is 0 Å². The van der Waals surface area contributed by atoms with E-state index in [1.54, 1.807) is 0 Å². The molecule has 0 fully saturated rings. The van der Waals surface area contributed by atoms with E-state index in [4.69, 9.17) is 0 Å². The fourth-order valence-corrected chi connectivity index (χ4v) is 1.89. The number of rotatable bonds is 6. The van der Waals surface area contributed by atoms with Crippen LogP contribution in [0.2, 0.25) is 0 Å². The monoisotopic (exact) mass is 223 g/mol. The summed E-state index contributed by atoms with van der Waals surface area (Å²) in [5, 5.41) is 7.96. The Morgan fingerprint density at radius 3 is 2.62 bits per heavy atom. The molecule has 0 amide bonds. The molecule has 0 aromatic carbocycles. The molecule has 1 rings (SSSR count). The Morgan fingerprint density at radius 1 is 1.38 bits per heavy atom. The lowest BCUT2D eigenvalue weighted by molar-refractivity contribution is 0.472. The zero-order valence-electron chi connectivity index (χ0n) is 11.2. The largest absolute Gasteiger partial charge is 0.310 e. The fraction of sp³-hybridized carbons (Fsp3) is 0.769. The molecule has 16 heavy (non-hydrogen) atoms. The Hall–Kier alpha value is -0.830. The molecular weight excluding hydrogens is 198 g/mol. The van der Waals surface area contributed by atoms with E-state index in [0.717, 1.165) is 13.1 Å². The summed E-state index contributed by atoms with van der Waals surface area (Å²) in [4.78, 5) is 0. The Morgan fingerprint density at radius 2 is 2.06 bits per heavy atom. The van der Waals surface area contributed by atoms with E-state index >= 15 is 0 Å². The van der Waals surface area contributed by atoms with Gasteiger partial charge in [0.05, 0.1) is 6.20 Å². The second kappa shape index (κ2) is 6.04. The van der Waals surface area contributed by atoms with Crippen molar-refractivity contribution in [3.05, 3.63) is 17.5 Å². The summed E-state index contributed by atoms with van der Waals surface area (Å²) in [6, 6.07) is 0.404. The zero-order chi connectivity index (χ0) is 12.1. The van der Waals surface area contributed by atoms with Gasteiger partial charge in [0, 0.05) is 23.8 Å². The standard InChI is InChI=1S/C13H25N3/c1-6-7-14-11(4)13-8-15-16(12(13)5)9-10(2)3/h8,10-11,14H,6-7,9H2,1-5H3. The smallest absolute Gasteiger partial charge is 0.0540 e. The molecule has 0 radical (unpaired) electrons. The van der Waals surface area contributed by atoms with Crippen LogP contribution in [0.25, 0.3) is 0 Å². The van der Waals surface area contributed by atoms with Gasteiger partial charge in [-0.3, -0.25) is 4.68 Å². The van der Waals surface area contributed by atoms with Gasteiger partial charge in [0.1, 0.15) is 0 Å². The van der Waals surface area contributed by atoms with Crippen LogP contribution in [0.1, 0.15) is 51.4 Å². The Bertz CT molecular complexity index is 315. The van der Waals surface area contributed by atoms with E-state index in [9.17, 15) is 0 Å². The van der Waals surface area contributed by atoms with Crippen molar-refractivity contribution in [3.8, 4) is 0 Å². The normalized spacial score (nSPS) is 13.4. The summed E-state index contributed by atoms with van der Waals surface area (Å²) in [5.74, 6) is 0.644. The SMILES string of the molecule is CCCNC(C)c1cnn(CC(C)C)c1C. The number of hydrogen-bond acceptors (Lipinski definition) is 2. The van der Waals surface area contributed by atoms with Crippen molar-refractivity contribution in [1.82, 2.24) is 15.1 Å². The van der Waals surface area contributed by atoms with Crippen LogP contribution in [0.5, 0.6) is 0 Å². The maximum Gasteiger partial charge on any atom is 0.0540 e. The first-order valence-corrected chi connectivity index (χ1v) is 6.32. The molecule has 3 nitrogen and oxygen atoms in total. The van der Waals surface area contributed by atoms with Crippen molar-refractivity contribution in [3.63, 3.8) is 0 Å². The van der Waals surface area contributed by atoms with Crippen LogP contribution < -0.4 is 5.32 Å². The average molecular weight is 223 g/mol. The molecule has 1 atom stereocenters. The zero-order valence-corrected chi connectivity index (χ0v) is 11.2. The third-order valence-corrected chi connectivity index (χ3v) is 2.85. The van der Waals surface area contributed by atoms with Crippen molar-refractivity contribution in [1.29, 1.82) is 0 Å². The third kappa shape index (κ3) is 3.34. The van der Waals surface area contributed by atoms with Gasteiger partial charge in [-0.15, -0.1) is 0 Å². The average Bonchev–Trinajstić information content (AvgIpc) is 2.56. The molecule has 0 spiro atoms. The maximum atomic E-state index is 4.46. The molecule has 0 aliphatic carbocycles. The summed E-state index contributed by atoms with van der Waals surface area (Å²) < 4.78 is 2.12. The quantitative estimate of drug-likeness (QED) is 0.803. The van der Waals surface area contributed by atoms with Crippen LogP contribution >= 0.6 is 0 Å². The molecule has 0 aliphatic heterocycles. The highest BCUT2D eigenvalue weighted by molar-refractivity contribution is 5.19. The lowest BCUT2D eigenvalue weighted by Gasteiger charge is -2.13. The van der Waals surface area contributed by atoms with Crippen molar-refractivity contribution in [2.45, 2.75) is 53.6 Å². The molecular formula is C13H25N3. The highest BCUT2D eigenvalue weighted by Gasteiger charge is 2.12. The number of aromatic nitrogens is 2. The number of nitrogens with zero attached hydrogens (tertiary/aromatic N) is 2. The molecule has 1 aromatic rings. The van der Waals surface area contributed by atoms with Crippen molar-refractivity contribution in [2.24, 2.45) is 5.92 Å². The van der Waals surface area contributed by atoms with E-state index in [2.05, 4.69) is 49.7 Å². The van der Waals surface area contributed by atoms with E-state index in [0.29, 0.717) is 12.0 Å². The second-order valence-electron chi connectivity index (χ2n) is 4.94. The number of hydrogen-bond donors (Lipinski definition) is 1. The predicted octanol–water partition coefficient (Wildman–Crippen LogP) is 2.91. The molecule has 1 heterocycles. The van der Waals surface area contributed by atoms with Crippen molar-refractivity contribution in [2.75, 3.05) is 6.54 Å². The molecule has 1 N–H and O–H groups in total. The second-order valence-corrected chi connectivity index (χ2v) is 4.94. The molecule has 0 saturated heterocycles. The van der Waals surface area contributed by atoms with Crippen molar-refractivity contribution >= 4 is 0 Å². The lowest BCUT2D eigenvalue weighted by Crippen LogP contribution is -2.20. The molecule has 3 heteroatoms. The Labute approximate surface area is 99.2 Å². The third-order valence-electron chi connectivity index (χ3n) is 2.85. The summed E-state index contributed by atoms with van der Waals surface area (Å²) in [6.07, 6.45) is 3.18. The summed E-state index contributed by atoms with van der Waals surface area (Å²) >= 11 is 0. The Balaban J connectivity index is 2.70. The first-order chi connectivity index (χ1) is 7.56. The van der Waals surface area contributed by atoms with Crippen LogP contribution in [-0.4, -0.2) is 16.3 Å². The first-order valence-electron chi connectivity index (χ1n) is 6.32. The molecule has 1 unspecified atom stereocenters. The number of nitrogens with one attached hydrogen (secondary N) is 1. The van der Waals surface area contributed by atoms with Crippen LogP contribution in [-0.2, 0) is 6.54 Å². The molecule has 0 saturated carbocycles. The predicted molar refractivity (Wildman–Crippen MR) is 68.5 cm³/mol. The van der Waals surface area contributed by atoms with Gasteiger partial charge >= 0.3 is 0 Å². The van der Waals surface area contributed by atoms with Gasteiger partial charge in [-0.05, 0) is 32.7 Å². The van der Waals surface area contributed by atoms with Gasteiger partial charge in [-0.2, -0.15) is 5.10 Å². The first kappa shape index (κ1) is 13.2. The van der Waals surface area contributed by atoms with Crippen LogP contribution in [0, 0.1) is 12.8 Å². The van der Waals surface area contributed by atoms with Crippen molar-refractivity contribution < 1.29 is 0 Å². The van der Waals surface area contributed by atoms with Gasteiger partial charge in [-0.25, -0.2) is 0 Å². The minimum absolute atomic E-state index is 0.404.